The fourth-order valence-corrected chi connectivity index (χ4v) is 1.87. The Bertz CT molecular complexity index is 426. The number of nitrogens with zero attached hydrogens (tertiary/aromatic N) is 2. The highest BCUT2D eigenvalue weighted by molar-refractivity contribution is 5.24. The van der Waals surface area contributed by atoms with Gasteiger partial charge in [0.25, 0.3) is 0 Å². The monoisotopic (exact) mass is 213 g/mol. The van der Waals surface area contributed by atoms with Gasteiger partial charge < -0.3 is 10.8 Å². The normalized spacial score (nSPS) is 29.9. The van der Waals surface area contributed by atoms with Gasteiger partial charge in [0.15, 0.2) is 5.79 Å². The molecule has 0 saturated heterocycles. The van der Waals surface area contributed by atoms with Crippen LogP contribution in [-0.2, 0) is 5.79 Å². The highest BCUT2D eigenvalue weighted by atomic mass is 19.1. The zero-order chi connectivity index (χ0) is 11.1. The number of aromatic nitrogens is 2. The van der Waals surface area contributed by atoms with Crippen molar-refractivity contribution >= 4 is 5.82 Å². The molecule has 1 heterocycles. The van der Waals surface area contributed by atoms with Gasteiger partial charge in [-0.05, 0) is 12.0 Å². The first-order valence-electron chi connectivity index (χ1n) is 4.70. The fourth-order valence-electron chi connectivity index (χ4n) is 1.87. The summed E-state index contributed by atoms with van der Waals surface area (Å²) in [5.41, 5.74) is 4.61. The van der Waals surface area contributed by atoms with Crippen LogP contribution < -0.4 is 11.4 Å². The maximum atomic E-state index is 14.0. The molecule has 82 valence electrons. The molecule has 1 aliphatic carbocycles. The quantitative estimate of drug-likeness (QED) is 0.715. The number of anilines is 1. The number of rotatable bonds is 2. The molecule has 0 spiro atoms. The second-order valence-corrected chi connectivity index (χ2v) is 3.88. The Hall–Kier alpha value is -1.43. The van der Waals surface area contributed by atoms with Crippen molar-refractivity contribution in [1.82, 2.24) is 9.55 Å². The Morgan fingerprint density at radius 3 is 2.93 bits per heavy atom. The molecule has 1 saturated carbocycles. The third-order valence-electron chi connectivity index (χ3n) is 2.72. The van der Waals surface area contributed by atoms with E-state index in [1.165, 1.54) is 12.3 Å². The first kappa shape index (κ1) is 10.1. The van der Waals surface area contributed by atoms with Crippen LogP contribution in [0.1, 0.15) is 12.8 Å². The second kappa shape index (κ2) is 3.30. The summed E-state index contributed by atoms with van der Waals surface area (Å²) < 4.78 is 15.0. The highest BCUT2D eigenvalue weighted by Crippen LogP contribution is 2.43. The number of alkyl halides is 1. The number of aliphatic hydroxyl groups is 1. The topological polar surface area (TPSA) is 81.1 Å². The zero-order valence-corrected chi connectivity index (χ0v) is 8.06. The number of hydrogen-bond acceptors (Lipinski definition) is 4. The van der Waals surface area contributed by atoms with E-state index in [1.807, 2.05) is 0 Å². The Morgan fingerprint density at radius 2 is 2.40 bits per heavy atom. The average Bonchev–Trinajstić information content (AvgIpc) is 2.12. The number of nitrogen functional groups attached to an aromatic ring is 1. The third-order valence-corrected chi connectivity index (χ3v) is 2.72. The van der Waals surface area contributed by atoms with Gasteiger partial charge in [-0.3, -0.25) is 4.57 Å². The molecule has 0 radical (unpaired) electrons. The first-order chi connectivity index (χ1) is 7.05. The maximum Gasteiger partial charge on any atom is 0.352 e. The molecule has 1 fully saturated rings. The van der Waals surface area contributed by atoms with Crippen molar-refractivity contribution in [2.75, 3.05) is 12.3 Å². The molecule has 1 aromatic heterocycles. The number of halogens is 1. The summed E-state index contributed by atoms with van der Waals surface area (Å²) in [6, 6.07) is 1.38. The Morgan fingerprint density at radius 1 is 1.73 bits per heavy atom. The van der Waals surface area contributed by atoms with E-state index in [1.54, 1.807) is 0 Å². The molecule has 5 nitrogen and oxygen atoms in total. The van der Waals surface area contributed by atoms with E-state index >= 15 is 0 Å². The van der Waals surface area contributed by atoms with Crippen LogP contribution in [0.15, 0.2) is 17.1 Å². The van der Waals surface area contributed by atoms with Gasteiger partial charge in [-0.25, -0.2) is 9.18 Å². The van der Waals surface area contributed by atoms with Crippen molar-refractivity contribution < 1.29 is 9.50 Å². The predicted molar refractivity (Wildman–Crippen MR) is 51.8 cm³/mol. The molecule has 0 bridgehead atoms. The van der Waals surface area contributed by atoms with Gasteiger partial charge in [0.1, 0.15) is 5.82 Å². The summed E-state index contributed by atoms with van der Waals surface area (Å²) in [5.74, 6) is -1.69. The number of aliphatic hydroxyl groups excluding tert-OH is 1. The van der Waals surface area contributed by atoms with Crippen molar-refractivity contribution in [1.29, 1.82) is 0 Å². The van der Waals surface area contributed by atoms with Crippen molar-refractivity contribution in [2.45, 2.75) is 18.6 Å². The van der Waals surface area contributed by atoms with Crippen LogP contribution in [0, 0.1) is 5.92 Å². The molecular formula is C9H12FN3O2. The lowest BCUT2D eigenvalue weighted by Crippen LogP contribution is -2.48. The lowest BCUT2D eigenvalue weighted by molar-refractivity contribution is -0.0851. The molecule has 3 N–H and O–H groups in total. The minimum atomic E-state index is -1.70. The Labute approximate surface area is 85.4 Å². The standard InChI is InChI=1S/C9H12FN3O2/c10-9(3-6(4-9)5-14)13-2-1-7(11)12-8(13)15/h1-2,6,14H,3-5H2,(H2,11,12,15). The van der Waals surface area contributed by atoms with E-state index < -0.39 is 11.5 Å². The summed E-state index contributed by atoms with van der Waals surface area (Å²) in [5, 5.41) is 8.79. The largest absolute Gasteiger partial charge is 0.396 e. The summed E-state index contributed by atoms with van der Waals surface area (Å²) in [6.07, 6.45) is 1.60. The van der Waals surface area contributed by atoms with E-state index in [-0.39, 0.29) is 31.2 Å². The molecule has 0 atom stereocenters. The third kappa shape index (κ3) is 1.61. The van der Waals surface area contributed by atoms with Crippen LogP contribution >= 0.6 is 0 Å². The van der Waals surface area contributed by atoms with Gasteiger partial charge in [0, 0.05) is 25.6 Å². The molecule has 0 unspecified atom stereocenters. The van der Waals surface area contributed by atoms with E-state index in [0.29, 0.717) is 0 Å². The Kier molecular flexibility index (Phi) is 2.22. The van der Waals surface area contributed by atoms with Crippen molar-refractivity contribution in [3.63, 3.8) is 0 Å². The predicted octanol–water partition coefficient (Wildman–Crippen LogP) is -0.150. The van der Waals surface area contributed by atoms with Crippen molar-refractivity contribution in [3.05, 3.63) is 22.7 Å². The molecule has 1 aromatic rings. The van der Waals surface area contributed by atoms with Crippen LogP contribution in [0.4, 0.5) is 10.2 Å². The summed E-state index contributed by atoms with van der Waals surface area (Å²) >= 11 is 0. The number of hydrogen-bond donors (Lipinski definition) is 2. The summed E-state index contributed by atoms with van der Waals surface area (Å²) in [7, 11) is 0. The molecule has 1 aliphatic rings. The average molecular weight is 213 g/mol. The van der Waals surface area contributed by atoms with Gasteiger partial charge in [-0.15, -0.1) is 0 Å². The van der Waals surface area contributed by atoms with Crippen LogP contribution in [0.2, 0.25) is 0 Å². The molecule has 0 aromatic carbocycles. The fraction of sp³-hybridized carbons (Fsp3) is 0.556. The zero-order valence-electron chi connectivity index (χ0n) is 8.06. The smallest absolute Gasteiger partial charge is 0.352 e. The van der Waals surface area contributed by atoms with E-state index in [2.05, 4.69) is 4.98 Å². The highest BCUT2D eigenvalue weighted by Gasteiger charge is 2.46. The molecule has 0 aliphatic heterocycles. The second-order valence-electron chi connectivity index (χ2n) is 3.88. The van der Waals surface area contributed by atoms with Gasteiger partial charge >= 0.3 is 5.69 Å². The minimum absolute atomic E-state index is 0.0528. The molecule has 15 heavy (non-hydrogen) atoms. The molecular weight excluding hydrogens is 201 g/mol. The van der Waals surface area contributed by atoms with Gasteiger partial charge in [-0.1, -0.05) is 0 Å². The summed E-state index contributed by atoms with van der Waals surface area (Å²) in [4.78, 5) is 14.8. The van der Waals surface area contributed by atoms with Crippen LogP contribution in [0.5, 0.6) is 0 Å². The molecule has 6 heteroatoms. The van der Waals surface area contributed by atoms with E-state index in [0.717, 1.165) is 4.57 Å². The Balaban J connectivity index is 2.28. The van der Waals surface area contributed by atoms with Crippen LogP contribution in [0.3, 0.4) is 0 Å². The van der Waals surface area contributed by atoms with Gasteiger partial charge in [-0.2, -0.15) is 4.98 Å². The minimum Gasteiger partial charge on any atom is -0.396 e. The SMILES string of the molecule is Nc1ccn(C2(F)CC(CO)C2)c(=O)n1. The molecule has 0 amide bonds. The van der Waals surface area contributed by atoms with Gasteiger partial charge in [0.05, 0.1) is 0 Å². The summed E-state index contributed by atoms with van der Waals surface area (Å²) in [6.45, 7) is -0.0528. The molecule has 2 rings (SSSR count). The lowest BCUT2D eigenvalue weighted by Gasteiger charge is -2.41. The number of nitrogens with two attached hydrogens (primary N) is 1. The van der Waals surface area contributed by atoms with E-state index in [9.17, 15) is 9.18 Å². The first-order valence-corrected chi connectivity index (χ1v) is 4.70. The van der Waals surface area contributed by atoms with Crippen molar-refractivity contribution in [3.8, 4) is 0 Å². The van der Waals surface area contributed by atoms with E-state index in [4.69, 9.17) is 10.8 Å². The lowest BCUT2D eigenvalue weighted by atomic mass is 9.78. The van der Waals surface area contributed by atoms with Crippen LogP contribution in [-0.4, -0.2) is 21.3 Å². The van der Waals surface area contributed by atoms with Crippen LogP contribution in [0.25, 0.3) is 0 Å². The maximum absolute atomic E-state index is 14.0. The van der Waals surface area contributed by atoms with Crippen molar-refractivity contribution in [2.24, 2.45) is 5.92 Å². The van der Waals surface area contributed by atoms with Gasteiger partial charge in [0.2, 0.25) is 0 Å².